The van der Waals surface area contributed by atoms with Crippen molar-refractivity contribution in [3.63, 3.8) is 0 Å². The Balaban J connectivity index is 1.89. The van der Waals surface area contributed by atoms with E-state index in [1.807, 2.05) is 0 Å². The first-order valence-corrected chi connectivity index (χ1v) is 6.34. The van der Waals surface area contributed by atoms with Crippen LogP contribution in [0.3, 0.4) is 0 Å². The zero-order valence-corrected chi connectivity index (χ0v) is 9.77. The van der Waals surface area contributed by atoms with Crippen LogP contribution in [0.25, 0.3) is 0 Å². The quantitative estimate of drug-likeness (QED) is 0.885. The van der Waals surface area contributed by atoms with Crippen molar-refractivity contribution in [2.45, 2.75) is 31.8 Å². The SMILES string of the molecule is OC(Cc1cc(Br)cs1)C1CCC1. The van der Waals surface area contributed by atoms with Gasteiger partial charge in [0, 0.05) is 21.2 Å². The van der Waals surface area contributed by atoms with Crippen molar-refractivity contribution in [3.8, 4) is 0 Å². The average molecular weight is 261 g/mol. The first-order chi connectivity index (χ1) is 6.25. The van der Waals surface area contributed by atoms with Crippen molar-refractivity contribution >= 4 is 27.3 Å². The van der Waals surface area contributed by atoms with Gasteiger partial charge in [0.15, 0.2) is 0 Å². The molecule has 0 aromatic carbocycles. The van der Waals surface area contributed by atoms with E-state index in [9.17, 15) is 5.11 Å². The highest BCUT2D eigenvalue weighted by Gasteiger charge is 2.25. The molecule has 0 radical (unpaired) electrons. The molecule has 1 fully saturated rings. The van der Waals surface area contributed by atoms with Crippen molar-refractivity contribution in [1.29, 1.82) is 0 Å². The minimum absolute atomic E-state index is 0.112. The molecule has 1 nitrogen and oxygen atoms in total. The van der Waals surface area contributed by atoms with Crippen molar-refractivity contribution in [2.75, 3.05) is 0 Å². The fourth-order valence-corrected chi connectivity index (χ4v) is 3.16. The Morgan fingerprint density at radius 1 is 1.62 bits per heavy atom. The molecule has 1 aromatic heterocycles. The Hall–Kier alpha value is 0.140. The molecule has 1 saturated carbocycles. The first-order valence-electron chi connectivity index (χ1n) is 4.66. The molecule has 72 valence electrons. The molecule has 13 heavy (non-hydrogen) atoms. The summed E-state index contributed by atoms with van der Waals surface area (Å²) >= 11 is 5.14. The van der Waals surface area contributed by atoms with Crippen LogP contribution >= 0.6 is 27.3 Å². The van der Waals surface area contributed by atoms with E-state index in [2.05, 4.69) is 27.4 Å². The van der Waals surface area contributed by atoms with Crippen LogP contribution in [0.2, 0.25) is 0 Å². The summed E-state index contributed by atoms with van der Waals surface area (Å²) in [5, 5.41) is 11.9. The third kappa shape index (κ3) is 2.33. The van der Waals surface area contributed by atoms with Gasteiger partial charge in [0.2, 0.25) is 0 Å². The molecule has 1 aliphatic carbocycles. The number of halogens is 1. The number of aliphatic hydroxyl groups is 1. The van der Waals surface area contributed by atoms with Gasteiger partial charge >= 0.3 is 0 Å². The molecule has 2 rings (SSSR count). The normalized spacial score (nSPS) is 19.8. The lowest BCUT2D eigenvalue weighted by Gasteiger charge is -2.29. The van der Waals surface area contributed by atoms with E-state index >= 15 is 0 Å². The van der Waals surface area contributed by atoms with Crippen LogP contribution < -0.4 is 0 Å². The average Bonchev–Trinajstić information content (AvgIpc) is 2.31. The Morgan fingerprint density at radius 3 is 2.85 bits per heavy atom. The van der Waals surface area contributed by atoms with Crippen LogP contribution in [0.1, 0.15) is 24.1 Å². The highest BCUT2D eigenvalue weighted by atomic mass is 79.9. The standard InChI is InChI=1S/C10H13BrOS/c11-8-4-9(13-6-8)5-10(12)7-2-1-3-7/h4,6-7,10,12H,1-3,5H2. The zero-order chi connectivity index (χ0) is 9.26. The third-order valence-corrected chi connectivity index (χ3v) is 4.45. The van der Waals surface area contributed by atoms with E-state index in [-0.39, 0.29) is 6.10 Å². The molecule has 0 saturated heterocycles. The Bertz CT molecular complexity index is 280. The Labute approximate surface area is 90.9 Å². The van der Waals surface area contributed by atoms with Crippen molar-refractivity contribution in [2.24, 2.45) is 5.92 Å². The van der Waals surface area contributed by atoms with Gasteiger partial charge < -0.3 is 5.11 Å². The summed E-state index contributed by atoms with van der Waals surface area (Å²) in [6, 6.07) is 2.10. The molecule has 3 heteroatoms. The summed E-state index contributed by atoms with van der Waals surface area (Å²) in [4.78, 5) is 1.28. The molecule has 1 atom stereocenters. The van der Waals surface area contributed by atoms with Gasteiger partial charge in [-0.3, -0.25) is 0 Å². The number of aliphatic hydroxyl groups excluding tert-OH is 1. The minimum atomic E-state index is -0.112. The molecule has 1 unspecified atom stereocenters. The summed E-state index contributed by atoms with van der Waals surface area (Å²) in [6.07, 6.45) is 4.46. The minimum Gasteiger partial charge on any atom is -0.392 e. The van der Waals surface area contributed by atoms with Gasteiger partial charge in [0.05, 0.1) is 6.10 Å². The molecule has 1 aromatic rings. The van der Waals surface area contributed by atoms with Crippen LogP contribution in [-0.2, 0) is 6.42 Å². The molecule has 0 bridgehead atoms. The Morgan fingerprint density at radius 2 is 2.38 bits per heavy atom. The lowest BCUT2D eigenvalue weighted by atomic mass is 9.80. The fourth-order valence-electron chi connectivity index (χ4n) is 1.66. The molecule has 0 aliphatic heterocycles. The summed E-state index contributed by atoms with van der Waals surface area (Å²) in [5.74, 6) is 0.570. The lowest BCUT2D eigenvalue weighted by molar-refractivity contribution is 0.0636. The second-order valence-corrected chi connectivity index (χ2v) is 5.61. The van der Waals surface area contributed by atoms with Gasteiger partial charge in [-0.1, -0.05) is 6.42 Å². The number of rotatable bonds is 3. The largest absolute Gasteiger partial charge is 0.392 e. The number of hydrogen-bond acceptors (Lipinski definition) is 2. The second-order valence-electron chi connectivity index (χ2n) is 3.69. The van der Waals surface area contributed by atoms with E-state index in [4.69, 9.17) is 0 Å². The van der Waals surface area contributed by atoms with Gasteiger partial charge in [0.1, 0.15) is 0 Å². The topological polar surface area (TPSA) is 20.2 Å². The maximum Gasteiger partial charge on any atom is 0.0616 e. The van der Waals surface area contributed by atoms with E-state index in [0.29, 0.717) is 5.92 Å². The molecule has 1 aliphatic rings. The van der Waals surface area contributed by atoms with Gasteiger partial charge in [-0.05, 0) is 40.8 Å². The second kappa shape index (κ2) is 4.11. The van der Waals surface area contributed by atoms with E-state index in [0.717, 1.165) is 10.9 Å². The molecule has 0 amide bonds. The smallest absolute Gasteiger partial charge is 0.0616 e. The first kappa shape index (κ1) is 9.69. The molecular formula is C10H13BrOS. The lowest BCUT2D eigenvalue weighted by Crippen LogP contribution is -2.28. The van der Waals surface area contributed by atoms with Crippen molar-refractivity contribution < 1.29 is 5.11 Å². The van der Waals surface area contributed by atoms with Crippen LogP contribution in [0, 0.1) is 5.92 Å². The fraction of sp³-hybridized carbons (Fsp3) is 0.600. The molecule has 1 heterocycles. The van der Waals surface area contributed by atoms with Crippen molar-refractivity contribution in [1.82, 2.24) is 0 Å². The predicted molar refractivity (Wildman–Crippen MR) is 59.1 cm³/mol. The Kier molecular flexibility index (Phi) is 3.06. The zero-order valence-electron chi connectivity index (χ0n) is 7.37. The van der Waals surface area contributed by atoms with Crippen molar-refractivity contribution in [3.05, 3.63) is 20.8 Å². The highest BCUT2D eigenvalue weighted by Crippen LogP contribution is 2.32. The highest BCUT2D eigenvalue weighted by molar-refractivity contribution is 9.10. The summed E-state index contributed by atoms with van der Waals surface area (Å²) in [7, 11) is 0. The van der Waals surface area contributed by atoms with Gasteiger partial charge in [0.25, 0.3) is 0 Å². The van der Waals surface area contributed by atoms with Gasteiger partial charge in [-0.2, -0.15) is 0 Å². The maximum absolute atomic E-state index is 9.82. The summed E-state index contributed by atoms with van der Waals surface area (Å²) < 4.78 is 1.13. The summed E-state index contributed by atoms with van der Waals surface area (Å²) in [5.41, 5.74) is 0. The van der Waals surface area contributed by atoms with Gasteiger partial charge in [-0.25, -0.2) is 0 Å². The molecular weight excluding hydrogens is 248 g/mol. The third-order valence-electron chi connectivity index (χ3n) is 2.73. The monoisotopic (exact) mass is 260 g/mol. The maximum atomic E-state index is 9.82. The van der Waals surface area contributed by atoms with Crippen LogP contribution in [0.5, 0.6) is 0 Å². The van der Waals surface area contributed by atoms with Crippen LogP contribution in [-0.4, -0.2) is 11.2 Å². The van der Waals surface area contributed by atoms with Crippen LogP contribution in [0.15, 0.2) is 15.9 Å². The van der Waals surface area contributed by atoms with E-state index in [1.165, 1.54) is 24.1 Å². The molecule has 1 N–H and O–H groups in total. The van der Waals surface area contributed by atoms with Crippen LogP contribution in [0.4, 0.5) is 0 Å². The molecule has 0 spiro atoms. The van der Waals surface area contributed by atoms with E-state index in [1.54, 1.807) is 11.3 Å². The summed E-state index contributed by atoms with van der Waals surface area (Å²) in [6.45, 7) is 0. The predicted octanol–water partition coefficient (Wildman–Crippen LogP) is 3.21. The number of hydrogen-bond donors (Lipinski definition) is 1. The van der Waals surface area contributed by atoms with E-state index < -0.39 is 0 Å². The van der Waals surface area contributed by atoms with Gasteiger partial charge in [-0.15, -0.1) is 11.3 Å². The number of thiophene rings is 1.